The SMILES string of the molecule is CC1CCCCC1N(C)Cc1c(F)ccc(Br)c1F. The van der Waals surface area contributed by atoms with Crippen LogP contribution in [0.1, 0.15) is 38.2 Å². The maximum atomic E-state index is 14.0. The summed E-state index contributed by atoms with van der Waals surface area (Å²) in [6.07, 6.45) is 4.81. The number of rotatable bonds is 3. The van der Waals surface area contributed by atoms with E-state index in [1.807, 2.05) is 7.05 Å². The first kappa shape index (κ1) is 14.9. The third kappa shape index (κ3) is 3.34. The first-order chi connectivity index (χ1) is 9.00. The van der Waals surface area contributed by atoms with Crippen LogP contribution in [0.25, 0.3) is 0 Å². The molecule has 0 saturated heterocycles. The predicted octanol–water partition coefficient (Wildman–Crippen LogP) is 4.74. The van der Waals surface area contributed by atoms with Crippen molar-refractivity contribution in [2.75, 3.05) is 7.05 Å². The number of hydrogen-bond donors (Lipinski definition) is 0. The largest absolute Gasteiger partial charge is 0.299 e. The molecule has 1 aromatic rings. The van der Waals surface area contributed by atoms with Crippen LogP contribution in [0.3, 0.4) is 0 Å². The number of nitrogens with zero attached hydrogens (tertiary/aromatic N) is 1. The zero-order chi connectivity index (χ0) is 14.0. The first-order valence-corrected chi connectivity index (χ1v) is 7.62. The monoisotopic (exact) mass is 331 g/mol. The van der Waals surface area contributed by atoms with E-state index >= 15 is 0 Å². The zero-order valence-corrected chi connectivity index (χ0v) is 13.0. The molecule has 0 heterocycles. The molecule has 4 heteroatoms. The van der Waals surface area contributed by atoms with E-state index < -0.39 is 11.6 Å². The van der Waals surface area contributed by atoms with Crippen molar-refractivity contribution in [3.05, 3.63) is 33.8 Å². The van der Waals surface area contributed by atoms with Crippen molar-refractivity contribution in [1.29, 1.82) is 0 Å². The molecular weight excluding hydrogens is 312 g/mol. The van der Waals surface area contributed by atoms with E-state index in [-0.39, 0.29) is 5.56 Å². The molecule has 0 amide bonds. The molecular formula is C15H20BrF2N. The highest BCUT2D eigenvalue weighted by Gasteiger charge is 2.26. The molecule has 1 saturated carbocycles. The van der Waals surface area contributed by atoms with Crippen molar-refractivity contribution >= 4 is 15.9 Å². The van der Waals surface area contributed by atoms with Crippen LogP contribution < -0.4 is 0 Å². The maximum absolute atomic E-state index is 14.0. The average molecular weight is 332 g/mol. The van der Waals surface area contributed by atoms with Gasteiger partial charge in [0, 0.05) is 18.2 Å². The highest BCUT2D eigenvalue weighted by atomic mass is 79.9. The van der Waals surface area contributed by atoms with Gasteiger partial charge in [0.2, 0.25) is 0 Å². The van der Waals surface area contributed by atoms with E-state index in [9.17, 15) is 8.78 Å². The second-order valence-electron chi connectivity index (χ2n) is 5.57. The predicted molar refractivity (Wildman–Crippen MR) is 76.9 cm³/mol. The minimum Gasteiger partial charge on any atom is -0.299 e. The molecule has 0 N–H and O–H groups in total. The fourth-order valence-electron chi connectivity index (χ4n) is 3.03. The minimum absolute atomic E-state index is 0.162. The minimum atomic E-state index is -0.477. The second kappa shape index (κ2) is 6.31. The van der Waals surface area contributed by atoms with Crippen molar-refractivity contribution < 1.29 is 8.78 Å². The molecule has 1 aliphatic carbocycles. The van der Waals surface area contributed by atoms with Gasteiger partial charge in [-0.05, 0) is 53.9 Å². The molecule has 0 aliphatic heterocycles. The fourth-order valence-corrected chi connectivity index (χ4v) is 3.40. The summed E-state index contributed by atoms with van der Waals surface area (Å²) < 4.78 is 28.1. The van der Waals surface area contributed by atoms with E-state index in [1.54, 1.807) is 0 Å². The van der Waals surface area contributed by atoms with E-state index in [4.69, 9.17) is 0 Å². The van der Waals surface area contributed by atoms with Gasteiger partial charge in [0.1, 0.15) is 11.6 Å². The Morgan fingerprint density at radius 2 is 1.95 bits per heavy atom. The van der Waals surface area contributed by atoms with Gasteiger partial charge in [-0.3, -0.25) is 4.90 Å². The molecule has 1 fully saturated rings. The highest BCUT2D eigenvalue weighted by Crippen LogP contribution is 2.29. The molecule has 2 atom stereocenters. The summed E-state index contributed by atoms with van der Waals surface area (Å²) in [5.74, 6) is -0.344. The van der Waals surface area contributed by atoms with Gasteiger partial charge in [0.05, 0.1) is 4.47 Å². The van der Waals surface area contributed by atoms with Crippen molar-refractivity contribution in [2.45, 2.75) is 45.2 Å². The first-order valence-electron chi connectivity index (χ1n) is 6.83. The molecule has 0 bridgehead atoms. The third-order valence-corrected chi connectivity index (χ3v) is 4.79. The Balaban J connectivity index is 2.14. The van der Waals surface area contributed by atoms with Crippen molar-refractivity contribution in [1.82, 2.24) is 4.90 Å². The van der Waals surface area contributed by atoms with Gasteiger partial charge in [-0.2, -0.15) is 0 Å². The molecule has 19 heavy (non-hydrogen) atoms. The second-order valence-corrected chi connectivity index (χ2v) is 6.42. The van der Waals surface area contributed by atoms with Gasteiger partial charge in [-0.1, -0.05) is 19.8 Å². The lowest BCUT2D eigenvalue weighted by atomic mass is 9.85. The lowest BCUT2D eigenvalue weighted by Crippen LogP contribution is -2.38. The van der Waals surface area contributed by atoms with Gasteiger partial charge in [0.25, 0.3) is 0 Å². The third-order valence-electron chi connectivity index (χ3n) is 4.18. The van der Waals surface area contributed by atoms with Gasteiger partial charge >= 0.3 is 0 Å². The quantitative estimate of drug-likeness (QED) is 0.723. The summed E-state index contributed by atoms with van der Waals surface area (Å²) >= 11 is 3.12. The lowest BCUT2D eigenvalue weighted by Gasteiger charge is -2.36. The van der Waals surface area contributed by atoms with Crippen LogP contribution in [0.2, 0.25) is 0 Å². The summed E-state index contributed by atoms with van der Waals surface area (Å²) in [5.41, 5.74) is 0.162. The summed E-state index contributed by atoms with van der Waals surface area (Å²) in [7, 11) is 1.96. The topological polar surface area (TPSA) is 3.24 Å². The normalized spacial score (nSPS) is 23.9. The summed E-state index contributed by atoms with van der Waals surface area (Å²) in [6, 6.07) is 3.16. The van der Waals surface area contributed by atoms with Crippen LogP contribution in [0.4, 0.5) is 8.78 Å². The Hall–Kier alpha value is -0.480. The Bertz CT molecular complexity index is 450. The molecule has 0 radical (unpaired) electrons. The van der Waals surface area contributed by atoms with Gasteiger partial charge in [-0.25, -0.2) is 8.78 Å². The van der Waals surface area contributed by atoms with Gasteiger partial charge in [-0.15, -0.1) is 0 Å². The summed E-state index contributed by atoms with van der Waals surface area (Å²) in [5, 5.41) is 0. The summed E-state index contributed by atoms with van der Waals surface area (Å²) in [4.78, 5) is 2.09. The molecule has 0 aromatic heterocycles. The number of hydrogen-bond acceptors (Lipinski definition) is 1. The van der Waals surface area contributed by atoms with Crippen LogP contribution in [-0.4, -0.2) is 18.0 Å². The average Bonchev–Trinajstić information content (AvgIpc) is 2.39. The van der Waals surface area contributed by atoms with E-state index in [2.05, 4.69) is 27.8 Å². The number of benzene rings is 1. The fraction of sp³-hybridized carbons (Fsp3) is 0.600. The Morgan fingerprint density at radius 3 is 2.63 bits per heavy atom. The van der Waals surface area contributed by atoms with E-state index in [0.29, 0.717) is 23.0 Å². The molecule has 1 nitrogen and oxygen atoms in total. The van der Waals surface area contributed by atoms with Crippen LogP contribution in [0, 0.1) is 17.6 Å². The zero-order valence-electron chi connectivity index (χ0n) is 11.4. The van der Waals surface area contributed by atoms with Crippen LogP contribution in [-0.2, 0) is 6.54 Å². The molecule has 106 valence electrons. The van der Waals surface area contributed by atoms with Crippen LogP contribution in [0.15, 0.2) is 16.6 Å². The molecule has 1 aliphatic rings. The van der Waals surface area contributed by atoms with Gasteiger partial charge < -0.3 is 0 Å². The van der Waals surface area contributed by atoms with Gasteiger partial charge in [0.15, 0.2) is 0 Å². The standard InChI is InChI=1S/C15H20BrF2N/c1-10-5-3-4-6-14(10)19(2)9-11-13(17)8-7-12(16)15(11)18/h7-8,10,14H,3-6,9H2,1-2H3. The molecule has 1 aromatic carbocycles. The molecule has 2 unspecified atom stereocenters. The van der Waals surface area contributed by atoms with E-state index in [1.165, 1.54) is 31.4 Å². The smallest absolute Gasteiger partial charge is 0.144 e. The molecule has 0 spiro atoms. The van der Waals surface area contributed by atoms with Crippen LogP contribution in [0.5, 0.6) is 0 Å². The van der Waals surface area contributed by atoms with Crippen molar-refractivity contribution in [3.8, 4) is 0 Å². The lowest BCUT2D eigenvalue weighted by molar-refractivity contribution is 0.130. The highest BCUT2D eigenvalue weighted by molar-refractivity contribution is 9.10. The maximum Gasteiger partial charge on any atom is 0.144 e. The van der Waals surface area contributed by atoms with Crippen molar-refractivity contribution in [3.63, 3.8) is 0 Å². The van der Waals surface area contributed by atoms with Crippen LogP contribution >= 0.6 is 15.9 Å². The Morgan fingerprint density at radius 1 is 1.26 bits per heavy atom. The van der Waals surface area contributed by atoms with Crippen molar-refractivity contribution in [2.24, 2.45) is 5.92 Å². The molecule has 2 rings (SSSR count). The van der Waals surface area contributed by atoms with E-state index in [0.717, 1.165) is 6.42 Å². The summed E-state index contributed by atoms with van der Waals surface area (Å²) in [6.45, 7) is 2.56. The number of halogens is 3. The Kier molecular flexibility index (Phi) is 4.96. The Labute approximate surface area is 122 Å².